The van der Waals surface area contributed by atoms with Crippen LogP contribution in [0.15, 0.2) is 4.52 Å². The van der Waals surface area contributed by atoms with Gasteiger partial charge in [-0.1, -0.05) is 5.16 Å². The summed E-state index contributed by atoms with van der Waals surface area (Å²) in [7, 11) is 3.97. The summed E-state index contributed by atoms with van der Waals surface area (Å²) < 4.78 is 10.4. The van der Waals surface area contributed by atoms with Crippen LogP contribution in [-0.4, -0.2) is 54.7 Å². The van der Waals surface area contributed by atoms with Crippen molar-refractivity contribution in [3.05, 3.63) is 11.7 Å². The number of rotatable bonds is 4. The molecule has 1 atom stereocenters. The summed E-state index contributed by atoms with van der Waals surface area (Å²) in [6, 6.07) is 0. The molecular weight excluding hydrogens is 222 g/mol. The van der Waals surface area contributed by atoms with Gasteiger partial charge in [0.25, 0.3) is 0 Å². The van der Waals surface area contributed by atoms with Crippen molar-refractivity contribution in [2.45, 2.75) is 18.8 Å². The number of likely N-dealkylation sites (N-methyl/N-ethyl adjacent to an activating group) is 1. The molecule has 2 heterocycles. The SMILES string of the molecule is CN(C)CCc1noc(C2COCCC2=O)n1. The van der Waals surface area contributed by atoms with Crippen molar-refractivity contribution >= 4 is 5.78 Å². The molecule has 0 radical (unpaired) electrons. The first-order valence-corrected chi connectivity index (χ1v) is 5.74. The quantitative estimate of drug-likeness (QED) is 0.750. The molecule has 1 saturated heterocycles. The summed E-state index contributed by atoms with van der Waals surface area (Å²) in [5.41, 5.74) is 0. The molecule has 1 aromatic rings. The van der Waals surface area contributed by atoms with Crippen LogP contribution in [0, 0.1) is 0 Å². The largest absolute Gasteiger partial charge is 0.380 e. The topological polar surface area (TPSA) is 68.5 Å². The predicted molar refractivity (Wildman–Crippen MR) is 59.7 cm³/mol. The Morgan fingerprint density at radius 3 is 3.00 bits per heavy atom. The highest BCUT2D eigenvalue weighted by molar-refractivity contribution is 5.85. The summed E-state index contributed by atoms with van der Waals surface area (Å²) in [5, 5.41) is 3.88. The molecule has 6 nitrogen and oxygen atoms in total. The van der Waals surface area contributed by atoms with Gasteiger partial charge in [0.2, 0.25) is 5.89 Å². The van der Waals surface area contributed by atoms with E-state index in [-0.39, 0.29) is 11.7 Å². The average molecular weight is 239 g/mol. The zero-order valence-electron chi connectivity index (χ0n) is 10.2. The molecule has 1 aromatic heterocycles. The second kappa shape index (κ2) is 5.37. The van der Waals surface area contributed by atoms with Gasteiger partial charge in [0.15, 0.2) is 5.82 Å². The van der Waals surface area contributed by atoms with E-state index in [1.54, 1.807) is 0 Å². The summed E-state index contributed by atoms with van der Waals surface area (Å²) in [4.78, 5) is 18.0. The third-order valence-corrected chi connectivity index (χ3v) is 2.73. The average Bonchev–Trinajstić information content (AvgIpc) is 2.75. The first-order chi connectivity index (χ1) is 8.16. The molecular formula is C11H17N3O3. The number of Topliss-reactive ketones (excluding diaryl/α,β-unsaturated/α-hetero) is 1. The molecule has 0 aromatic carbocycles. The summed E-state index contributed by atoms with van der Waals surface area (Å²) in [6.07, 6.45) is 1.15. The van der Waals surface area contributed by atoms with Crippen molar-refractivity contribution in [3.63, 3.8) is 0 Å². The highest BCUT2D eigenvalue weighted by atomic mass is 16.5. The van der Waals surface area contributed by atoms with Crippen LogP contribution in [0.1, 0.15) is 24.1 Å². The van der Waals surface area contributed by atoms with Crippen LogP contribution in [-0.2, 0) is 16.0 Å². The monoisotopic (exact) mass is 239 g/mol. The van der Waals surface area contributed by atoms with Crippen molar-refractivity contribution in [3.8, 4) is 0 Å². The van der Waals surface area contributed by atoms with Gasteiger partial charge in [-0.25, -0.2) is 0 Å². The molecule has 1 aliphatic rings. The van der Waals surface area contributed by atoms with Gasteiger partial charge in [0.05, 0.1) is 13.2 Å². The normalized spacial score (nSPS) is 21.1. The molecule has 0 bridgehead atoms. The van der Waals surface area contributed by atoms with Crippen LogP contribution >= 0.6 is 0 Å². The first-order valence-electron chi connectivity index (χ1n) is 5.74. The van der Waals surface area contributed by atoms with Gasteiger partial charge in [-0.15, -0.1) is 0 Å². The van der Waals surface area contributed by atoms with Gasteiger partial charge in [0, 0.05) is 19.4 Å². The van der Waals surface area contributed by atoms with E-state index < -0.39 is 0 Å². The van der Waals surface area contributed by atoms with Gasteiger partial charge in [0.1, 0.15) is 11.7 Å². The number of nitrogens with zero attached hydrogens (tertiary/aromatic N) is 3. The molecule has 1 unspecified atom stereocenters. The molecule has 94 valence electrons. The van der Waals surface area contributed by atoms with E-state index in [9.17, 15) is 4.79 Å². The summed E-state index contributed by atoms with van der Waals surface area (Å²) in [5.74, 6) is 0.791. The van der Waals surface area contributed by atoms with Crippen LogP contribution in [0.25, 0.3) is 0 Å². The highest BCUT2D eigenvalue weighted by Gasteiger charge is 2.29. The van der Waals surface area contributed by atoms with Gasteiger partial charge >= 0.3 is 0 Å². The van der Waals surface area contributed by atoms with Gasteiger partial charge < -0.3 is 14.2 Å². The van der Waals surface area contributed by atoms with Crippen molar-refractivity contribution in [2.24, 2.45) is 0 Å². The van der Waals surface area contributed by atoms with Crippen molar-refractivity contribution in [1.29, 1.82) is 0 Å². The minimum Gasteiger partial charge on any atom is -0.380 e. The van der Waals surface area contributed by atoms with E-state index in [4.69, 9.17) is 9.26 Å². The molecule has 1 fully saturated rings. The Labute approximate surface area is 99.9 Å². The highest BCUT2D eigenvalue weighted by Crippen LogP contribution is 2.20. The Bertz CT molecular complexity index is 389. The van der Waals surface area contributed by atoms with Crippen LogP contribution in [0.3, 0.4) is 0 Å². The maximum Gasteiger partial charge on any atom is 0.239 e. The molecule has 0 amide bonds. The molecule has 2 rings (SSSR count). The van der Waals surface area contributed by atoms with Crippen LogP contribution in [0.2, 0.25) is 0 Å². The fourth-order valence-electron chi connectivity index (χ4n) is 1.68. The van der Waals surface area contributed by atoms with Crippen LogP contribution < -0.4 is 0 Å². The molecule has 0 aliphatic carbocycles. The molecule has 6 heteroatoms. The van der Waals surface area contributed by atoms with E-state index in [1.807, 2.05) is 19.0 Å². The Kier molecular flexibility index (Phi) is 3.86. The number of ketones is 1. The Morgan fingerprint density at radius 2 is 2.29 bits per heavy atom. The fraction of sp³-hybridized carbons (Fsp3) is 0.727. The number of ether oxygens (including phenoxy) is 1. The lowest BCUT2D eigenvalue weighted by atomic mass is 10.0. The Balaban J connectivity index is 1.99. The second-order valence-corrected chi connectivity index (χ2v) is 4.45. The fourth-order valence-corrected chi connectivity index (χ4v) is 1.68. The minimum atomic E-state index is -0.371. The summed E-state index contributed by atoms with van der Waals surface area (Å²) in [6.45, 7) is 1.71. The molecule has 1 aliphatic heterocycles. The van der Waals surface area contributed by atoms with E-state index in [1.165, 1.54) is 0 Å². The van der Waals surface area contributed by atoms with E-state index in [0.29, 0.717) is 31.3 Å². The predicted octanol–water partition coefficient (Wildman–Crippen LogP) is 0.247. The van der Waals surface area contributed by atoms with Crippen molar-refractivity contribution in [2.75, 3.05) is 33.9 Å². The molecule has 0 N–H and O–H groups in total. The third kappa shape index (κ3) is 3.10. The standard InChI is InChI=1S/C11H17N3O3/c1-14(2)5-3-10-12-11(17-13-10)8-7-16-6-4-9(8)15/h8H,3-7H2,1-2H3. The first kappa shape index (κ1) is 12.2. The lowest BCUT2D eigenvalue weighted by molar-refractivity contribution is -0.127. The van der Waals surface area contributed by atoms with Crippen LogP contribution in [0.5, 0.6) is 0 Å². The number of hydrogen-bond acceptors (Lipinski definition) is 6. The van der Waals surface area contributed by atoms with Crippen LogP contribution in [0.4, 0.5) is 0 Å². The number of carbonyl (C=O) groups is 1. The maximum atomic E-state index is 11.7. The Hall–Kier alpha value is -1.27. The van der Waals surface area contributed by atoms with E-state index in [2.05, 4.69) is 10.1 Å². The number of hydrogen-bond donors (Lipinski definition) is 0. The van der Waals surface area contributed by atoms with Crippen molar-refractivity contribution < 1.29 is 14.1 Å². The molecule has 0 spiro atoms. The van der Waals surface area contributed by atoms with Crippen molar-refractivity contribution in [1.82, 2.24) is 15.0 Å². The van der Waals surface area contributed by atoms with E-state index >= 15 is 0 Å². The molecule has 17 heavy (non-hydrogen) atoms. The smallest absolute Gasteiger partial charge is 0.239 e. The minimum absolute atomic E-state index is 0.124. The summed E-state index contributed by atoms with van der Waals surface area (Å²) >= 11 is 0. The van der Waals surface area contributed by atoms with Gasteiger partial charge in [-0.2, -0.15) is 4.98 Å². The zero-order chi connectivity index (χ0) is 12.3. The lowest BCUT2D eigenvalue weighted by Crippen LogP contribution is -2.25. The van der Waals surface area contributed by atoms with Gasteiger partial charge in [-0.05, 0) is 14.1 Å². The van der Waals surface area contributed by atoms with Gasteiger partial charge in [-0.3, -0.25) is 4.79 Å². The lowest BCUT2D eigenvalue weighted by Gasteiger charge is -2.17. The second-order valence-electron chi connectivity index (χ2n) is 4.45. The van der Waals surface area contributed by atoms with E-state index in [0.717, 1.165) is 13.0 Å². The third-order valence-electron chi connectivity index (χ3n) is 2.73. The number of aromatic nitrogens is 2. The Morgan fingerprint density at radius 1 is 1.47 bits per heavy atom. The molecule has 0 saturated carbocycles. The zero-order valence-corrected chi connectivity index (χ0v) is 10.2. The maximum absolute atomic E-state index is 11.7. The number of carbonyl (C=O) groups excluding carboxylic acids is 1.